The van der Waals surface area contributed by atoms with Crippen molar-refractivity contribution >= 4 is 23.5 Å². The molecule has 2 aromatic carbocycles. The smallest absolute Gasteiger partial charge is 0.270 e. The quantitative estimate of drug-likeness (QED) is 0.658. The molecule has 1 unspecified atom stereocenters. The molecule has 0 aliphatic carbocycles. The summed E-state index contributed by atoms with van der Waals surface area (Å²) in [6.45, 7) is 4.33. The summed E-state index contributed by atoms with van der Waals surface area (Å²) in [5.41, 5.74) is 3.15. The predicted molar refractivity (Wildman–Crippen MR) is 108 cm³/mol. The molecule has 0 radical (unpaired) electrons. The molecular weight excluding hydrogens is 360 g/mol. The van der Waals surface area contributed by atoms with Crippen molar-refractivity contribution in [3.05, 3.63) is 88.2 Å². The zero-order valence-corrected chi connectivity index (χ0v) is 16.0. The molecule has 0 aliphatic rings. The van der Waals surface area contributed by atoms with Gasteiger partial charge in [0, 0.05) is 17.3 Å². The van der Waals surface area contributed by atoms with Crippen LogP contribution in [0.5, 0.6) is 0 Å². The Balaban J connectivity index is 1.68. The minimum absolute atomic E-state index is 0.112. The highest BCUT2D eigenvalue weighted by atomic mass is 35.5. The van der Waals surface area contributed by atoms with Gasteiger partial charge in [-0.15, -0.1) is 0 Å². The lowest BCUT2D eigenvalue weighted by atomic mass is 10.1. The van der Waals surface area contributed by atoms with Gasteiger partial charge in [0.05, 0.1) is 6.04 Å². The summed E-state index contributed by atoms with van der Waals surface area (Å²) in [6.07, 6.45) is 0. The lowest BCUT2D eigenvalue weighted by Gasteiger charge is -2.14. The number of benzene rings is 2. The molecule has 1 atom stereocenters. The molecule has 2 N–H and O–H groups in total. The van der Waals surface area contributed by atoms with Crippen molar-refractivity contribution in [2.75, 3.05) is 5.32 Å². The van der Waals surface area contributed by atoms with Crippen LogP contribution >= 0.6 is 11.6 Å². The number of rotatable bonds is 6. The van der Waals surface area contributed by atoms with Crippen molar-refractivity contribution in [3.63, 3.8) is 0 Å². The number of carbonyl (C=O) groups excluding carboxylic acids is 1. The Kier molecular flexibility index (Phi) is 6.04. The van der Waals surface area contributed by atoms with Crippen LogP contribution in [0.2, 0.25) is 5.02 Å². The van der Waals surface area contributed by atoms with E-state index in [2.05, 4.69) is 20.6 Å². The Morgan fingerprint density at radius 3 is 2.48 bits per heavy atom. The van der Waals surface area contributed by atoms with E-state index < -0.39 is 0 Å². The summed E-state index contributed by atoms with van der Waals surface area (Å²) < 4.78 is 0. The zero-order chi connectivity index (χ0) is 19.2. The number of halogens is 1. The van der Waals surface area contributed by atoms with Crippen LogP contribution in [0.25, 0.3) is 0 Å². The SMILES string of the molecule is Cc1cc(C(=O)NC(C)c2ccccc2)nc(NCc2ccc(Cl)cc2)n1. The maximum absolute atomic E-state index is 12.6. The largest absolute Gasteiger partial charge is 0.350 e. The van der Waals surface area contributed by atoms with E-state index >= 15 is 0 Å². The van der Waals surface area contributed by atoms with Gasteiger partial charge in [-0.25, -0.2) is 9.97 Å². The minimum atomic E-state index is -0.230. The van der Waals surface area contributed by atoms with Crippen molar-refractivity contribution in [1.82, 2.24) is 15.3 Å². The molecule has 138 valence electrons. The van der Waals surface area contributed by atoms with Gasteiger partial charge < -0.3 is 10.6 Å². The Morgan fingerprint density at radius 1 is 1.07 bits per heavy atom. The third kappa shape index (κ3) is 5.28. The normalized spacial score (nSPS) is 11.7. The van der Waals surface area contributed by atoms with Gasteiger partial charge in [-0.3, -0.25) is 4.79 Å². The molecule has 3 rings (SSSR count). The highest BCUT2D eigenvalue weighted by Gasteiger charge is 2.14. The Morgan fingerprint density at radius 2 is 1.78 bits per heavy atom. The van der Waals surface area contributed by atoms with Crippen molar-refractivity contribution < 1.29 is 4.79 Å². The lowest BCUT2D eigenvalue weighted by molar-refractivity contribution is 0.0934. The molecule has 1 aromatic heterocycles. The van der Waals surface area contributed by atoms with Gasteiger partial charge in [-0.05, 0) is 43.2 Å². The maximum Gasteiger partial charge on any atom is 0.270 e. The van der Waals surface area contributed by atoms with Crippen molar-refractivity contribution in [3.8, 4) is 0 Å². The number of anilines is 1. The number of aryl methyl sites for hydroxylation is 1. The van der Waals surface area contributed by atoms with E-state index in [4.69, 9.17) is 11.6 Å². The first-order chi connectivity index (χ1) is 13.0. The molecule has 6 heteroatoms. The van der Waals surface area contributed by atoms with Crippen LogP contribution in [0.3, 0.4) is 0 Å². The highest BCUT2D eigenvalue weighted by molar-refractivity contribution is 6.30. The van der Waals surface area contributed by atoms with Gasteiger partial charge in [-0.1, -0.05) is 54.1 Å². The summed E-state index contributed by atoms with van der Waals surface area (Å²) in [5.74, 6) is 0.189. The zero-order valence-electron chi connectivity index (χ0n) is 15.2. The monoisotopic (exact) mass is 380 g/mol. The maximum atomic E-state index is 12.6. The molecule has 27 heavy (non-hydrogen) atoms. The third-order valence-electron chi connectivity index (χ3n) is 4.10. The van der Waals surface area contributed by atoms with Crippen molar-refractivity contribution in [2.24, 2.45) is 0 Å². The number of nitrogens with one attached hydrogen (secondary N) is 2. The van der Waals surface area contributed by atoms with E-state index in [-0.39, 0.29) is 11.9 Å². The summed E-state index contributed by atoms with van der Waals surface area (Å²) in [5, 5.41) is 6.82. The Hall–Kier alpha value is -2.92. The number of hydrogen-bond acceptors (Lipinski definition) is 4. The molecule has 0 saturated carbocycles. The molecule has 0 aliphatic heterocycles. The summed E-state index contributed by atoms with van der Waals surface area (Å²) in [6, 6.07) is 18.9. The van der Waals surface area contributed by atoms with Crippen LogP contribution in [0.1, 0.15) is 40.3 Å². The summed E-state index contributed by atoms with van der Waals surface area (Å²) in [4.78, 5) is 21.3. The first-order valence-corrected chi connectivity index (χ1v) is 9.09. The number of amides is 1. The van der Waals surface area contributed by atoms with Crippen molar-refractivity contribution in [2.45, 2.75) is 26.4 Å². The molecule has 1 amide bonds. The molecule has 1 heterocycles. The van der Waals surface area contributed by atoms with E-state index in [0.717, 1.165) is 16.8 Å². The van der Waals surface area contributed by atoms with E-state index in [1.54, 1.807) is 6.07 Å². The van der Waals surface area contributed by atoms with Gasteiger partial charge in [0.15, 0.2) is 0 Å². The molecule has 0 spiro atoms. The highest BCUT2D eigenvalue weighted by Crippen LogP contribution is 2.14. The first-order valence-electron chi connectivity index (χ1n) is 8.71. The van der Waals surface area contributed by atoms with E-state index in [0.29, 0.717) is 23.2 Å². The van der Waals surface area contributed by atoms with E-state index in [1.807, 2.05) is 68.4 Å². The van der Waals surface area contributed by atoms with Gasteiger partial charge >= 0.3 is 0 Å². The second-order valence-corrected chi connectivity index (χ2v) is 6.74. The number of aromatic nitrogens is 2. The molecule has 0 fully saturated rings. The third-order valence-corrected chi connectivity index (χ3v) is 4.35. The standard InChI is InChI=1S/C21H21ClN4O/c1-14-12-19(20(27)25-15(2)17-6-4-3-5-7-17)26-21(24-14)23-13-16-8-10-18(22)11-9-16/h3-12,15H,13H2,1-2H3,(H,25,27)(H,23,24,26). The van der Waals surface area contributed by atoms with Gasteiger partial charge in [0.1, 0.15) is 5.69 Å². The lowest BCUT2D eigenvalue weighted by Crippen LogP contribution is -2.28. The molecule has 0 saturated heterocycles. The number of carbonyl (C=O) groups is 1. The van der Waals surface area contributed by atoms with Crippen LogP contribution in [0.15, 0.2) is 60.7 Å². The fourth-order valence-electron chi connectivity index (χ4n) is 2.64. The number of nitrogens with zero attached hydrogens (tertiary/aromatic N) is 2. The molecule has 3 aromatic rings. The summed E-state index contributed by atoms with van der Waals surface area (Å²) >= 11 is 5.90. The molecule has 5 nitrogen and oxygen atoms in total. The predicted octanol–water partition coefficient (Wildman–Crippen LogP) is 4.54. The van der Waals surface area contributed by atoms with Crippen LogP contribution in [0, 0.1) is 6.92 Å². The van der Waals surface area contributed by atoms with E-state index in [1.165, 1.54) is 0 Å². The van der Waals surface area contributed by atoms with Crippen LogP contribution in [-0.4, -0.2) is 15.9 Å². The average Bonchev–Trinajstić information content (AvgIpc) is 2.68. The topological polar surface area (TPSA) is 66.9 Å². The second-order valence-electron chi connectivity index (χ2n) is 6.30. The van der Waals surface area contributed by atoms with Gasteiger partial charge in [-0.2, -0.15) is 0 Å². The van der Waals surface area contributed by atoms with E-state index in [9.17, 15) is 4.79 Å². The number of hydrogen-bond donors (Lipinski definition) is 2. The second kappa shape index (κ2) is 8.64. The molecular formula is C21H21ClN4O. The van der Waals surface area contributed by atoms with Crippen LogP contribution in [-0.2, 0) is 6.54 Å². The average molecular weight is 381 g/mol. The van der Waals surface area contributed by atoms with Crippen LogP contribution < -0.4 is 10.6 Å². The van der Waals surface area contributed by atoms with Gasteiger partial charge in [0.2, 0.25) is 5.95 Å². The molecule has 0 bridgehead atoms. The minimum Gasteiger partial charge on any atom is -0.350 e. The van der Waals surface area contributed by atoms with Gasteiger partial charge in [0.25, 0.3) is 5.91 Å². The first kappa shape index (κ1) is 18.9. The summed E-state index contributed by atoms with van der Waals surface area (Å²) in [7, 11) is 0. The Labute approximate surface area is 163 Å². The Bertz CT molecular complexity index is 913. The van der Waals surface area contributed by atoms with Crippen LogP contribution in [0.4, 0.5) is 5.95 Å². The fraction of sp³-hybridized carbons (Fsp3) is 0.190. The van der Waals surface area contributed by atoms with Crippen molar-refractivity contribution in [1.29, 1.82) is 0 Å². The fourth-order valence-corrected chi connectivity index (χ4v) is 2.77.